The molecule has 5 heteroatoms. The van der Waals surface area contributed by atoms with Gasteiger partial charge in [0.15, 0.2) is 0 Å². The summed E-state index contributed by atoms with van der Waals surface area (Å²) >= 11 is 0. The minimum Gasteiger partial charge on any atom is -0.381 e. The first kappa shape index (κ1) is 20.3. The summed E-state index contributed by atoms with van der Waals surface area (Å²) in [6, 6.07) is 16.0. The highest BCUT2D eigenvalue weighted by Gasteiger charge is 2.28. The van der Waals surface area contributed by atoms with Crippen LogP contribution in [-0.2, 0) is 23.0 Å². The summed E-state index contributed by atoms with van der Waals surface area (Å²) in [5.41, 5.74) is 4.14. The van der Waals surface area contributed by atoms with Crippen molar-refractivity contribution in [2.75, 3.05) is 10.0 Å². The Bertz CT molecular complexity index is 789. The van der Waals surface area contributed by atoms with Gasteiger partial charge in [-0.05, 0) is 69.0 Å². The number of hydrogen-bond acceptors (Lipinski definition) is 3. The number of anilines is 2. The van der Waals surface area contributed by atoms with Crippen molar-refractivity contribution in [3.05, 3.63) is 59.7 Å². The van der Waals surface area contributed by atoms with E-state index in [9.17, 15) is 8.42 Å². The van der Waals surface area contributed by atoms with E-state index < -0.39 is 14.8 Å². The monoisotopic (exact) mass is 374 g/mol. The molecule has 26 heavy (non-hydrogen) atoms. The average Bonchev–Trinajstić information content (AvgIpc) is 2.59. The summed E-state index contributed by atoms with van der Waals surface area (Å²) in [6.07, 6.45) is 3.57. The Morgan fingerprint density at radius 2 is 1.38 bits per heavy atom. The van der Waals surface area contributed by atoms with Gasteiger partial charge < -0.3 is 5.32 Å². The predicted octanol–water partition coefficient (Wildman–Crippen LogP) is 5.18. The Balaban J connectivity index is 1.91. The zero-order valence-electron chi connectivity index (χ0n) is 16.2. The summed E-state index contributed by atoms with van der Waals surface area (Å²) in [6.45, 7) is 7.98. The molecule has 0 aliphatic rings. The van der Waals surface area contributed by atoms with Crippen LogP contribution in [0.3, 0.4) is 0 Å². The first-order valence-corrected chi connectivity index (χ1v) is 10.6. The van der Waals surface area contributed by atoms with Crippen LogP contribution in [0.5, 0.6) is 0 Å². The van der Waals surface area contributed by atoms with Gasteiger partial charge in [-0.15, -0.1) is 0 Å². The number of hydrogen-bond donors (Lipinski definition) is 2. The van der Waals surface area contributed by atoms with Gasteiger partial charge in [-0.2, -0.15) is 0 Å². The maximum atomic E-state index is 12.2. The van der Waals surface area contributed by atoms with Crippen LogP contribution in [0.15, 0.2) is 48.5 Å². The molecule has 0 unspecified atom stereocenters. The smallest absolute Gasteiger partial charge is 0.237 e. The molecule has 0 spiro atoms. The Hall–Kier alpha value is -2.01. The zero-order valence-corrected chi connectivity index (χ0v) is 17.0. The molecule has 0 amide bonds. The molecule has 142 valence electrons. The highest BCUT2D eigenvalue weighted by atomic mass is 32.2. The lowest BCUT2D eigenvalue weighted by atomic mass is 10.1. The number of sulfonamides is 1. The second-order valence-electron chi connectivity index (χ2n) is 7.57. The van der Waals surface area contributed by atoms with Crippen LogP contribution in [0, 0.1) is 0 Å². The van der Waals surface area contributed by atoms with Crippen molar-refractivity contribution in [2.45, 2.75) is 58.2 Å². The molecule has 0 saturated heterocycles. The molecular weight excluding hydrogens is 344 g/mol. The molecule has 0 saturated carbocycles. The van der Waals surface area contributed by atoms with Gasteiger partial charge in [0, 0.05) is 17.9 Å². The fraction of sp³-hybridized carbons (Fsp3) is 0.429. The lowest BCUT2D eigenvalue weighted by Crippen LogP contribution is -2.33. The third-order valence-electron chi connectivity index (χ3n) is 4.28. The molecule has 0 bridgehead atoms. The van der Waals surface area contributed by atoms with E-state index in [0.717, 1.165) is 18.7 Å². The third kappa shape index (κ3) is 5.77. The predicted molar refractivity (Wildman–Crippen MR) is 111 cm³/mol. The number of rotatable bonds is 8. The van der Waals surface area contributed by atoms with E-state index in [1.165, 1.54) is 24.0 Å². The molecule has 0 aromatic heterocycles. The van der Waals surface area contributed by atoms with E-state index in [1.807, 2.05) is 12.1 Å². The lowest BCUT2D eigenvalue weighted by molar-refractivity contribution is 0.566. The SMILES string of the molecule is CCCCc1ccc(CNc2ccc(NS(=O)(=O)C(C)(C)C)cc2)cc1. The Labute approximate surface area is 158 Å². The van der Waals surface area contributed by atoms with Gasteiger partial charge in [-0.3, -0.25) is 4.72 Å². The molecule has 0 fully saturated rings. The van der Waals surface area contributed by atoms with Crippen molar-refractivity contribution in [2.24, 2.45) is 0 Å². The Kier molecular flexibility index (Phi) is 6.70. The molecule has 0 aliphatic heterocycles. The largest absolute Gasteiger partial charge is 0.381 e. The van der Waals surface area contributed by atoms with E-state index in [0.29, 0.717) is 5.69 Å². The van der Waals surface area contributed by atoms with E-state index in [4.69, 9.17) is 0 Å². The summed E-state index contributed by atoms with van der Waals surface area (Å²) < 4.78 is 26.2. The zero-order chi connectivity index (χ0) is 19.2. The molecular formula is C21H30N2O2S. The van der Waals surface area contributed by atoms with Crippen LogP contribution >= 0.6 is 0 Å². The number of aryl methyl sites for hydroxylation is 1. The molecule has 2 N–H and O–H groups in total. The number of nitrogens with one attached hydrogen (secondary N) is 2. The quantitative estimate of drug-likeness (QED) is 0.669. The fourth-order valence-corrected chi connectivity index (χ4v) is 3.13. The molecule has 0 atom stereocenters. The Morgan fingerprint density at radius 1 is 0.846 bits per heavy atom. The standard InChI is InChI=1S/C21H30N2O2S/c1-5-6-7-17-8-10-18(11-9-17)16-22-19-12-14-20(15-13-19)23-26(24,25)21(2,3)4/h8-15,22-23H,5-7,16H2,1-4H3. The summed E-state index contributed by atoms with van der Waals surface area (Å²) in [7, 11) is -3.40. The van der Waals surface area contributed by atoms with Crippen LogP contribution in [-0.4, -0.2) is 13.2 Å². The van der Waals surface area contributed by atoms with E-state index >= 15 is 0 Å². The van der Waals surface area contributed by atoms with Gasteiger partial charge in [0.1, 0.15) is 0 Å². The van der Waals surface area contributed by atoms with Crippen LogP contribution in [0.25, 0.3) is 0 Å². The van der Waals surface area contributed by atoms with Crippen LogP contribution < -0.4 is 10.0 Å². The molecule has 0 radical (unpaired) electrons. The number of unbranched alkanes of at least 4 members (excludes halogenated alkanes) is 1. The van der Waals surface area contributed by atoms with Crippen LogP contribution in [0.4, 0.5) is 11.4 Å². The molecule has 2 aromatic rings. The molecule has 2 aromatic carbocycles. The average molecular weight is 375 g/mol. The minimum atomic E-state index is -3.40. The lowest BCUT2D eigenvalue weighted by Gasteiger charge is -2.20. The fourth-order valence-electron chi connectivity index (χ4n) is 2.37. The molecule has 0 aliphatic carbocycles. The van der Waals surface area contributed by atoms with Crippen LogP contribution in [0.1, 0.15) is 51.7 Å². The van der Waals surface area contributed by atoms with E-state index in [1.54, 1.807) is 32.9 Å². The van der Waals surface area contributed by atoms with Gasteiger partial charge in [0.25, 0.3) is 0 Å². The van der Waals surface area contributed by atoms with Gasteiger partial charge >= 0.3 is 0 Å². The number of benzene rings is 2. The second-order valence-corrected chi connectivity index (χ2v) is 10.0. The van der Waals surface area contributed by atoms with Crippen molar-refractivity contribution in [3.8, 4) is 0 Å². The van der Waals surface area contributed by atoms with Crippen molar-refractivity contribution in [1.82, 2.24) is 0 Å². The van der Waals surface area contributed by atoms with Crippen molar-refractivity contribution < 1.29 is 8.42 Å². The van der Waals surface area contributed by atoms with Crippen LogP contribution in [0.2, 0.25) is 0 Å². The summed E-state index contributed by atoms with van der Waals surface area (Å²) in [4.78, 5) is 0. The van der Waals surface area contributed by atoms with Crippen molar-refractivity contribution in [3.63, 3.8) is 0 Å². The molecule has 0 heterocycles. The van der Waals surface area contributed by atoms with Gasteiger partial charge in [-0.1, -0.05) is 37.6 Å². The maximum absolute atomic E-state index is 12.2. The second kappa shape index (κ2) is 8.58. The highest BCUT2D eigenvalue weighted by Crippen LogP contribution is 2.21. The normalized spacial score (nSPS) is 12.0. The van der Waals surface area contributed by atoms with E-state index in [-0.39, 0.29) is 0 Å². The highest BCUT2D eigenvalue weighted by molar-refractivity contribution is 7.94. The van der Waals surface area contributed by atoms with Gasteiger partial charge in [0.05, 0.1) is 4.75 Å². The Morgan fingerprint density at radius 3 is 1.92 bits per heavy atom. The topological polar surface area (TPSA) is 58.2 Å². The summed E-state index contributed by atoms with van der Waals surface area (Å²) in [5.74, 6) is 0. The molecule has 4 nitrogen and oxygen atoms in total. The van der Waals surface area contributed by atoms with E-state index in [2.05, 4.69) is 41.2 Å². The van der Waals surface area contributed by atoms with Crippen molar-refractivity contribution in [1.29, 1.82) is 0 Å². The van der Waals surface area contributed by atoms with Gasteiger partial charge in [-0.25, -0.2) is 8.42 Å². The third-order valence-corrected chi connectivity index (χ3v) is 6.40. The summed E-state index contributed by atoms with van der Waals surface area (Å²) in [5, 5.41) is 3.37. The van der Waals surface area contributed by atoms with Gasteiger partial charge in [0.2, 0.25) is 10.0 Å². The minimum absolute atomic E-state index is 0.575. The maximum Gasteiger partial charge on any atom is 0.237 e. The van der Waals surface area contributed by atoms with Crippen molar-refractivity contribution >= 4 is 21.4 Å². The molecule has 2 rings (SSSR count). The first-order valence-electron chi connectivity index (χ1n) is 9.15. The first-order chi connectivity index (χ1) is 12.2.